The molecule has 0 atom stereocenters. The third-order valence-corrected chi connectivity index (χ3v) is 3.75. The first-order valence-corrected chi connectivity index (χ1v) is 7.41. The number of rotatable bonds is 4. The van der Waals surface area contributed by atoms with E-state index in [2.05, 4.69) is 53.0 Å². The zero-order valence-corrected chi connectivity index (χ0v) is 12.6. The fourth-order valence-electron chi connectivity index (χ4n) is 2.81. The third kappa shape index (κ3) is 2.44. The van der Waals surface area contributed by atoms with E-state index in [1.54, 1.807) is 6.08 Å². The molecule has 0 radical (unpaired) electrons. The van der Waals surface area contributed by atoms with Gasteiger partial charge in [0.2, 0.25) is 0 Å². The van der Waals surface area contributed by atoms with E-state index in [4.69, 9.17) is 0 Å². The number of para-hydroxylation sites is 1. The van der Waals surface area contributed by atoms with Crippen molar-refractivity contribution in [2.45, 2.75) is 13.5 Å². The number of hydrogen-bond donors (Lipinski definition) is 2. The summed E-state index contributed by atoms with van der Waals surface area (Å²) in [6, 6.07) is 14.1. The summed E-state index contributed by atoms with van der Waals surface area (Å²) in [5, 5.41) is 7.92. The minimum Gasteiger partial charge on any atom is -0.341 e. The normalized spacial score (nSPS) is 10.8. The molecule has 2 amide bonds. The first-order chi connectivity index (χ1) is 10.7. The Balaban J connectivity index is 2.04. The molecular weight excluding hydrogens is 274 g/mol. The van der Waals surface area contributed by atoms with Gasteiger partial charge >= 0.3 is 6.03 Å². The van der Waals surface area contributed by atoms with E-state index in [9.17, 15) is 4.79 Å². The molecule has 4 nitrogen and oxygen atoms in total. The van der Waals surface area contributed by atoms with Crippen molar-refractivity contribution in [1.82, 2.24) is 9.88 Å². The highest BCUT2D eigenvalue weighted by atomic mass is 16.2. The number of aromatic nitrogens is 1. The van der Waals surface area contributed by atoms with Crippen molar-refractivity contribution in [1.29, 1.82) is 0 Å². The van der Waals surface area contributed by atoms with Crippen LogP contribution in [-0.2, 0) is 6.54 Å². The van der Waals surface area contributed by atoms with E-state index >= 15 is 0 Å². The molecular formula is C18H19N3O. The molecule has 0 aliphatic heterocycles. The Labute approximate surface area is 129 Å². The van der Waals surface area contributed by atoms with Crippen molar-refractivity contribution in [3.63, 3.8) is 0 Å². The number of nitrogens with one attached hydrogen (secondary N) is 2. The fourth-order valence-corrected chi connectivity index (χ4v) is 2.81. The molecule has 2 N–H and O–H groups in total. The van der Waals surface area contributed by atoms with Crippen LogP contribution in [0.2, 0.25) is 0 Å². The Morgan fingerprint density at radius 1 is 1.18 bits per heavy atom. The fraction of sp³-hybridized carbons (Fsp3) is 0.167. The second kappa shape index (κ2) is 5.93. The molecule has 4 heteroatoms. The third-order valence-electron chi connectivity index (χ3n) is 3.75. The lowest BCUT2D eigenvalue weighted by Crippen LogP contribution is -2.28. The molecule has 0 unspecified atom stereocenters. The van der Waals surface area contributed by atoms with Gasteiger partial charge in [-0.05, 0) is 31.2 Å². The Bertz CT molecular complexity index is 848. The molecule has 1 aromatic heterocycles. The molecule has 112 valence electrons. The lowest BCUT2D eigenvalue weighted by molar-refractivity contribution is 0.253. The summed E-state index contributed by atoms with van der Waals surface area (Å²) in [4.78, 5) is 11.8. The zero-order chi connectivity index (χ0) is 15.5. The van der Waals surface area contributed by atoms with Crippen molar-refractivity contribution >= 4 is 33.5 Å². The Morgan fingerprint density at radius 3 is 2.73 bits per heavy atom. The van der Waals surface area contributed by atoms with Crippen molar-refractivity contribution in [2.24, 2.45) is 0 Å². The maximum atomic E-state index is 11.8. The van der Waals surface area contributed by atoms with E-state index in [1.165, 1.54) is 16.4 Å². The molecule has 3 rings (SSSR count). The molecule has 3 aromatic rings. The molecule has 2 aromatic carbocycles. The van der Waals surface area contributed by atoms with Gasteiger partial charge in [0.15, 0.2) is 0 Å². The summed E-state index contributed by atoms with van der Waals surface area (Å²) in [7, 11) is 0. The maximum Gasteiger partial charge on any atom is 0.319 e. The molecule has 0 saturated heterocycles. The number of aryl methyl sites for hydroxylation is 1. The number of urea groups is 1. The summed E-state index contributed by atoms with van der Waals surface area (Å²) in [6.45, 7) is 7.08. The van der Waals surface area contributed by atoms with Crippen LogP contribution in [0.25, 0.3) is 21.8 Å². The van der Waals surface area contributed by atoms with E-state index in [0.717, 1.165) is 17.6 Å². The van der Waals surface area contributed by atoms with Crippen LogP contribution in [0.4, 0.5) is 10.5 Å². The Hall–Kier alpha value is -2.75. The van der Waals surface area contributed by atoms with E-state index in [-0.39, 0.29) is 6.03 Å². The predicted molar refractivity (Wildman–Crippen MR) is 92.3 cm³/mol. The number of hydrogen-bond acceptors (Lipinski definition) is 1. The van der Waals surface area contributed by atoms with Gasteiger partial charge in [0.1, 0.15) is 0 Å². The number of benzene rings is 2. The van der Waals surface area contributed by atoms with Gasteiger partial charge in [-0.3, -0.25) is 0 Å². The van der Waals surface area contributed by atoms with Crippen LogP contribution in [-0.4, -0.2) is 17.1 Å². The van der Waals surface area contributed by atoms with Gasteiger partial charge < -0.3 is 15.2 Å². The lowest BCUT2D eigenvalue weighted by atomic mass is 10.1. The molecule has 0 spiro atoms. The van der Waals surface area contributed by atoms with Crippen molar-refractivity contribution < 1.29 is 4.79 Å². The summed E-state index contributed by atoms with van der Waals surface area (Å²) in [5.74, 6) is 0. The van der Waals surface area contributed by atoms with Crippen LogP contribution >= 0.6 is 0 Å². The molecule has 0 fully saturated rings. The minimum atomic E-state index is -0.224. The summed E-state index contributed by atoms with van der Waals surface area (Å²) in [5.41, 5.74) is 3.18. The van der Waals surface area contributed by atoms with Crippen LogP contribution < -0.4 is 10.6 Å². The summed E-state index contributed by atoms with van der Waals surface area (Å²) >= 11 is 0. The number of fused-ring (bicyclic) bond motifs is 3. The van der Waals surface area contributed by atoms with Crippen LogP contribution in [0.3, 0.4) is 0 Å². The maximum absolute atomic E-state index is 11.8. The van der Waals surface area contributed by atoms with Crippen molar-refractivity contribution in [3.8, 4) is 0 Å². The second-order valence-corrected chi connectivity index (χ2v) is 5.12. The van der Waals surface area contributed by atoms with Gasteiger partial charge in [-0.15, -0.1) is 6.58 Å². The molecule has 22 heavy (non-hydrogen) atoms. The average Bonchev–Trinajstić information content (AvgIpc) is 2.86. The van der Waals surface area contributed by atoms with Gasteiger partial charge in [-0.2, -0.15) is 0 Å². The van der Waals surface area contributed by atoms with E-state index in [1.807, 2.05) is 18.2 Å². The highest BCUT2D eigenvalue weighted by Crippen LogP contribution is 2.30. The highest BCUT2D eigenvalue weighted by Gasteiger charge is 2.10. The summed E-state index contributed by atoms with van der Waals surface area (Å²) in [6.07, 6.45) is 1.65. The summed E-state index contributed by atoms with van der Waals surface area (Å²) < 4.78 is 2.28. The molecule has 0 saturated carbocycles. The second-order valence-electron chi connectivity index (χ2n) is 5.12. The van der Waals surface area contributed by atoms with Crippen LogP contribution in [0, 0.1) is 0 Å². The predicted octanol–water partition coefficient (Wildman–Crippen LogP) is 4.12. The quantitative estimate of drug-likeness (QED) is 0.698. The number of nitrogens with zero attached hydrogens (tertiary/aromatic N) is 1. The van der Waals surface area contributed by atoms with E-state index in [0.29, 0.717) is 6.54 Å². The van der Waals surface area contributed by atoms with Crippen LogP contribution in [0.15, 0.2) is 55.1 Å². The molecule has 1 heterocycles. The SMILES string of the molecule is C=CCNC(=O)Nc1ccc2c(c1)c1ccccc1n2CC. The number of carbonyl (C=O) groups is 1. The lowest BCUT2D eigenvalue weighted by Gasteiger charge is -2.07. The van der Waals surface area contributed by atoms with Gasteiger partial charge in [0.25, 0.3) is 0 Å². The van der Waals surface area contributed by atoms with Crippen molar-refractivity contribution in [2.75, 3.05) is 11.9 Å². The average molecular weight is 293 g/mol. The Kier molecular flexibility index (Phi) is 3.83. The van der Waals surface area contributed by atoms with Crippen molar-refractivity contribution in [3.05, 3.63) is 55.1 Å². The number of carbonyl (C=O) groups excluding carboxylic acids is 1. The minimum absolute atomic E-state index is 0.224. The van der Waals surface area contributed by atoms with Gasteiger partial charge in [0.05, 0.1) is 0 Å². The zero-order valence-electron chi connectivity index (χ0n) is 12.6. The first-order valence-electron chi connectivity index (χ1n) is 7.41. The van der Waals surface area contributed by atoms with Gasteiger partial charge in [-0.25, -0.2) is 4.79 Å². The van der Waals surface area contributed by atoms with Crippen LogP contribution in [0.1, 0.15) is 6.92 Å². The molecule has 0 bridgehead atoms. The smallest absolute Gasteiger partial charge is 0.319 e. The van der Waals surface area contributed by atoms with Gasteiger partial charge in [-0.1, -0.05) is 24.3 Å². The molecule has 0 aliphatic rings. The molecule has 0 aliphatic carbocycles. The Morgan fingerprint density at radius 2 is 1.95 bits per heavy atom. The topological polar surface area (TPSA) is 46.1 Å². The van der Waals surface area contributed by atoms with Gasteiger partial charge in [0, 0.05) is 40.6 Å². The highest BCUT2D eigenvalue weighted by molar-refractivity contribution is 6.09. The monoisotopic (exact) mass is 293 g/mol. The first kappa shape index (κ1) is 14.2. The largest absolute Gasteiger partial charge is 0.341 e. The van der Waals surface area contributed by atoms with E-state index < -0.39 is 0 Å². The standard InChI is InChI=1S/C18H19N3O/c1-3-11-19-18(22)20-13-9-10-17-15(12-13)14-7-5-6-8-16(14)21(17)4-2/h3,5-10,12H,1,4,11H2,2H3,(H2,19,20,22). The number of anilines is 1. The number of amides is 2. The van der Waals surface area contributed by atoms with Crippen LogP contribution in [0.5, 0.6) is 0 Å².